The van der Waals surface area contributed by atoms with E-state index < -0.39 is 18.1 Å². The Hall–Kier alpha value is -3.68. The van der Waals surface area contributed by atoms with Gasteiger partial charge in [-0.3, -0.25) is 9.48 Å². The van der Waals surface area contributed by atoms with Gasteiger partial charge in [0.2, 0.25) is 0 Å². The lowest BCUT2D eigenvalue weighted by molar-refractivity contribution is -0.137. The molecule has 1 amide bonds. The smallest absolute Gasteiger partial charge is 0.407 e. The molecule has 2 N–H and O–H groups in total. The van der Waals surface area contributed by atoms with Gasteiger partial charge in [-0.05, 0) is 22.3 Å². The number of hydrogen-bond acceptors (Lipinski definition) is 5. The largest absolute Gasteiger partial charge is 0.481 e. The van der Waals surface area contributed by atoms with Crippen molar-refractivity contribution in [3.8, 4) is 11.1 Å². The number of nitrogens with one attached hydrogen (secondary N) is 1. The Bertz CT molecular complexity index is 1020. The molecule has 1 aliphatic rings. The second kappa shape index (κ2) is 7.75. The Morgan fingerprint density at radius 3 is 2.31 bits per heavy atom. The number of hydrogen-bond donors (Lipinski definition) is 2. The van der Waals surface area contributed by atoms with Crippen LogP contribution in [0, 0.1) is 0 Å². The number of fused-ring (bicyclic) bond motifs is 3. The predicted molar refractivity (Wildman–Crippen MR) is 104 cm³/mol. The summed E-state index contributed by atoms with van der Waals surface area (Å²) in [5, 5.41) is 19.3. The Labute approximate surface area is 167 Å². The van der Waals surface area contributed by atoms with Gasteiger partial charge >= 0.3 is 12.1 Å². The second-order valence-corrected chi connectivity index (χ2v) is 6.90. The van der Waals surface area contributed by atoms with Gasteiger partial charge in [0.1, 0.15) is 6.61 Å². The minimum Gasteiger partial charge on any atom is -0.481 e. The van der Waals surface area contributed by atoms with Crippen LogP contribution in [0.5, 0.6) is 0 Å². The van der Waals surface area contributed by atoms with Crippen molar-refractivity contribution >= 4 is 12.1 Å². The van der Waals surface area contributed by atoms with Crippen LogP contribution in [-0.2, 0) is 16.6 Å². The highest BCUT2D eigenvalue weighted by Gasteiger charge is 2.29. The fourth-order valence-corrected chi connectivity index (χ4v) is 3.80. The molecule has 8 heteroatoms. The van der Waals surface area contributed by atoms with Crippen LogP contribution < -0.4 is 5.32 Å². The lowest BCUT2D eigenvalue weighted by Crippen LogP contribution is -2.32. The molecule has 3 aromatic rings. The fourth-order valence-electron chi connectivity index (χ4n) is 3.80. The van der Waals surface area contributed by atoms with Crippen LogP contribution in [0.1, 0.15) is 35.2 Å². The summed E-state index contributed by atoms with van der Waals surface area (Å²) in [4.78, 5) is 23.6. The van der Waals surface area contributed by atoms with E-state index in [0.717, 1.165) is 22.3 Å². The molecular weight excluding hydrogens is 372 g/mol. The quantitative estimate of drug-likeness (QED) is 0.668. The maximum absolute atomic E-state index is 12.4. The monoisotopic (exact) mass is 392 g/mol. The third-order valence-electron chi connectivity index (χ3n) is 5.12. The first-order valence-corrected chi connectivity index (χ1v) is 9.22. The zero-order valence-corrected chi connectivity index (χ0v) is 15.8. The first kappa shape index (κ1) is 18.7. The van der Waals surface area contributed by atoms with Gasteiger partial charge in [0.25, 0.3) is 0 Å². The molecule has 2 aromatic carbocycles. The van der Waals surface area contributed by atoms with E-state index in [0.29, 0.717) is 5.69 Å². The lowest BCUT2D eigenvalue weighted by atomic mass is 9.98. The SMILES string of the molecule is Cn1nncc1C(CC(=O)O)NC(=O)OCC1c2ccccc2-c2ccccc21. The van der Waals surface area contributed by atoms with Gasteiger partial charge in [-0.1, -0.05) is 53.7 Å². The number of carbonyl (C=O) groups excluding carboxylic acids is 1. The maximum Gasteiger partial charge on any atom is 0.407 e. The summed E-state index contributed by atoms with van der Waals surface area (Å²) in [6.45, 7) is 0.156. The summed E-state index contributed by atoms with van der Waals surface area (Å²) < 4.78 is 6.92. The van der Waals surface area contributed by atoms with Crippen LogP contribution in [0.15, 0.2) is 54.7 Å². The number of carboxylic acid groups (broad SMARTS) is 1. The van der Waals surface area contributed by atoms with Gasteiger partial charge < -0.3 is 15.2 Å². The summed E-state index contributed by atoms with van der Waals surface area (Å²) >= 11 is 0. The van der Waals surface area contributed by atoms with E-state index in [1.807, 2.05) is 36.4 Å². The minimum atomic E-state index is -1.05. The van der Waals surface area contributed by atoms with E-state index in [2.05, 4.69) is 27.8 Å². The van der Waals surface area contributed by atoms with Crippen LogP contribution in [0.3, 0.4) is 0 Å². The third-order valence-corrected chi connectivity index (χ3v) is 5.12. The molecule has 8 nitrogen and oxygen atoms in total. The Morgan fingerprint density at radius 1 is 1.14 bits per heavy atom. The molecule has 0 saturated carbocycles. The van der Waals surface area contributed by atoms with Gasteiger partial charge in [0, 0.05) is 13.0 Å². The number of aliphatic carboxylic acids is 1. The topological polar surface area (TPSA) is 106 Å². The van der Waals surface area contributed by atoms with Crippen molar-refractivity contribution in [2.24, 2.45) is 7.05 Å². The molecule has 4 rings (SSSR count). The van der Waals surface area contributed by atoms with Crippen molar-refractivity contribution in [1.82, 2.24) is 20.3 Å². The third kappa shape index (κ3) is 3.69. The molecule has 0 spiro atoms. The highest BCUT2D eigenvalue weighted by atomic mass is 16.5. The van der Waals surface area contributed by atoms with E-state index in [1.54, 1.807) is 7.05 Å². The molecule has 148 valence electrons. The van der Waals surface area contributed by atoms with Gasteiger partial charge in [-0.25, -0.2) is 4.79 Å². The van der Waals surface area contributed by atoms with Crippen LogP contribution in [-0.4, -0.2) is 38.8 Å². The zero-order chi connectivity index (χ0) is 20.4. The summed E-state index contributed by atoms with van der Waals surface area (Å²) in [6.07, 6.45) is 0.447. The molecule has 0 bridgehead atoms. The van der Waals surface area contributed by atoms with Crippen molar-refractivity contribution < 1.29 is 19.4 Å². The molecule has 1 atom stereocenters. The second-order valence-electron chi connectivity index (χ2n) is 6.90. The molecule has 0 aliphatic heterocycles. The van der Waals surface area contributed by atoms with Crippen molar-refractivity contribution in [2.75, 3.05) is 6.61 Å². The van der Waals surface area contributed by atoms with Gasteiger partial charge in [0.05, 0.1) is 24.4 Å². The van der Waals surface area contributed by atoms with E-state index in [1.165, 1.54) is 10.9 Å². The average Bonchev–Trinajstić information content (AvgIpc) is 3.27. The summed E-state index contributed by atoms with van der Waals surface area (Å²) in [5.41, 5.74) is 4.99. The number of aryl methyl sites for hydroxylation is 1. The van der Waals surface area contributed by atoms with Crippen molar-refractivity contribution in [2.45, 2.75) is 18.4 Å². The molecule has 1 aliphatic carbocycles. The molecule has 0 radical (unpaired) electrons. The maximum atomic E-state index is 12.4. The highest BCUT2D eigenvalue weighted by molar-refractivity contribution is 5.79. The normalized spacial score (nSPS) is 13.4. The predicted octanol–water partition coefficient (Wildman–Crippen LogP) is 2.87. The fraction of sp³-hybridized carbons (Fsp3) is 0.238. The molecule has 0 saturated heterocycles. The number of carbonyl (C=O) groups is 2. The van der Waals surface area contributed by atoms with Crippen molar-refractivity contribution in [3.63, 3.8) is 0 Å². The number of alkyl carbamates (subject to hydrolysis) is 1. The van der Waals surface area contributed by atoms with E-state index in [9.17, 15) is 9.59 Å². The number of carboxylic acids is 1. The van der Waals surface area contributed by atoms with Crippen molar-refractivity contribution in [3.05, 3.63) is 71.5 Å². The molecular formula is C21H20N4O4. The number of aromatic nitrogens is 3. The first-order valence-electron chi connectivity index (χ1n) is 9.22. The zero-order valence-electron chi connectivity index (χ0n) is 15.8. The van der Waals surface area contributed by atoms with Gasteiger partial charge in [-0.2, -0.15) is 0 Å². The number of nitrogens with zero attached hydrogens (tertiary/aromatic N) is 3. The lowest BCUT2D eigenvalue weighted by Gasteiger charge is -2.18. The van der Waals surface area contributed by atoms with E-state index in [4.69, 9.17) is 9.84 Å². The Kier molecular flexibility index (Phi) is 4.99. The Morgan fingerprint density at radius 2 is 1.76 bits per heavy atom. The molecule has 1 unspecified atom stereocenters. The minimum absolute atomic E-state index is 0.0653. The standard InChI is InChI=1S/C21H20N4O4/c1-25-19(11-22-24-25)18(10-20(26)27)23-21(28)29-12-17-15-8-4-2-6-13(15)14-7-3-5-9-16(14)17/h2-9,11,17-18H,10,12H2,1H3,(H,23,28)(H,26,27). The number of benzene rings is 2. The summed E-state index contributed by atoms with van der Waals surface area (Å²) in [5.74, 6) is -1.11. The van der Waals surface area contributed by atoms with Crippen LogP contribution >= 0.6 is 0 Å². The number of rotatable bonds is 6. The number of ether oxygens (including phenoxy) is 1. The molecule has 1 aromatic heterocycles. The highest BCUT2D eigenvalue weighted by Crippen LogP contribution is 2.44. The summed E-state index contributed by atoms with van der Waals surface area (Å²) in [6, 6.07) is 15.3. The van der Waals surface area contributed by atoms with E-state index >= 15 is 0 Å². The van der Waals surface area contributed by atoms with E-state index in [-0.39, 0.29) is 18.9 Å². The summed E-state index contributed by atoms with van der Waals surface area (Å²) in [7, 11) is 1.64. The molecule has 29 heavy (non-hydrogen) atoms. The number of amides is 1. The molecule has 1 heterocycles. The molecule has 0 fully saturated rings. The average molecular weight is 392 g/mol. The van der Waals surface area contributed by atoms with Gasteiger partial charge in [-0.15, -0.1) is 5.10 Å². The van der Waals surface area contributed by atoms with Crippen molar-refractivity contribution in [1.29, 1.82) is 0 Å². The van der Waals surface area contributed by atoms with Crippen LogP contribution in [0.25, 0.3) is 11.1 Å². The first-order chi connectivity index (χ1) is 14.0. The van der Waals surface area contributed by atoms with Gasteiger partial charge in [0.15, 0.2) is 0 Å². The van der Waals surface area contributed by atoms with Crippen LogP contribution in [0.2, 0.25) is 0 Å². The van der Waals surface area contributed by atoms with Crippen LogP contribution in [0.4, 0.5) is 4.79 Å². The Balaban J connectivity index is 1.48.